The van der Waals surface area contributed by atoms with Crippen LogP contribution in [0.4, 0.5) is 24.7 Å². The Hall–Kier alpha value is -2.04. The van der Waals surface area contributed by atoms with E-state index in [0.717, 1.165) is 60.6 Å². The Balaban J connectivity index is 1.70. The zero-order chi connectivity index (χ0) is 21.5. The molecule has 3 heterocycles. The zero-order valence-corrected chi connectivity index (χ0v) is 18.1. The second-order valence-corrected chi connectivity index (χ2v) is 8.94. The standard InChI is InChI=1S/C19H16ClF3N4OS2/c1-29-18-25-15(27-6-2-3-7-27)11-9-14(30-17(11)26-18)16(28)24-13-5-4-10(20)8-12(13)19(21,22)23/h4-5,8-9H,2-3,6-7H2,1H3,(H,24,28). The van der Waals surface area contributed by atoms with Crippen molar-refractivity contribution in [2.75, 3.05) is 29.6 Å². The number of amides is 1. The fraction of sp³-hybridized carbons (Fsp3) is 0.316. The average Bonchev–Trinajstić information content (AvgIpc) is 3.37. The van der Waals surface area contributed by atoms with Crippen LogP contribution in [0.2, 0.25) is 5.02 Å². The number of halogens is 4. The highest BCUT2D eigenvalue weighted by atomic mass is 35.5. The number of nitrogens with one attached hydrogen (secondary N) is 1. The van der Waals surface area contributed by atoms with Crippen LogP contribution in [-0.4, -0.2) is 35.2 Å². The molecule has 158 valence electrons. The second kappa shape index (κ2) is 8.24. The number of thiophene rings is 1. The highest BCUT2D eigenvalue weighted by molar-refractivity contribution is 7.98. The Kier molecular flexibility index (Phi) is 5.82. The van der Waals surface area contributed by atoms with Gasteiger partial charge >= 0.3 is 6.18 Å². The maximum absolute atomic E-state index is 13.3. The number of anilines is 2. The van der Waals surface area contributed by atoms with Crippen LogP contribution in [0, 0.1) is 0 Å². The van der Waals surface area contributed by atoms with Gasteiger partial charge in [0.1, 0.15) is 10.6 Å². The molecule has 0 aliphatic carbocycles. The average molecular weight is 473 g/mol. The van der Waals surface area contributed by atoms with Gasteiger partial charge < -0.3 is 10.2 Å². The van der Waals surface area contributed by atoms with E-state index in [4.69, 9.17) is 11.6 Å². The summed E-state index contributed by atoms with van der Waals surface area (Å²) in [4.78, 5) is 24.9. The minimum atomic E-state index is -4.64. The molecule has 1 aromatic carbocycles. The van der Waals surface area contributed by atoms with E-state index >= 15 is 0 Å². The number of hydrogen-bond donors (Lipinski definition) is 1. The molecule has 30 heavy (non-hydrogen) atoms. The van der Waals surface area contributed by atoms with E-state index < -0.39 is 17.6 Å². The van der Waals surface area contributed by atoms with Gasteiger partial charge in [-0.15, -0.1) is 11.3 Å². The van der Waals surface area contributed by atoms with Crippen LogP contribution < -0.4 is 10.2 Å². The molecule has 0 bridgehead atoms. The van der Waals surface area contributed by atoms with Gasteiger partial charge in [0.05, 0.1) is 21.5 Å². The lowest BCUT2D eigenvalue weighted by Crippen LogP contribution is -2.19. The molecule has 5 nitrogen and oxygen atoms in total. The van der Waals surface area contributed by atoms with Crippen molar-refractivity contribution in [2.24, 2.45) is 0 Å². The quantitative estimate of drug-likeness (QED) is 0.376. The van der Waals surface area contributed by atoms with E-state index in [9.17, 15) is 18.0 Å². The summed E-state index contributed by atoms with van der Waals surface area (Å²) in [6.07, 6.45) is -0.645. The number of carbonyl (C=O) groups excluding carboxylic acids is 1. The maximum Gasteiger partial charge on any atom is 0.418 e. The van der Waals surface area contributed by atoms with Crippen molar-refractivity contribution in [1.82, 2.24) is 9.97 Å². The molecule has 0 radical (unpaired) electrons. The Morgan fingerprint density at radius 2 is 1.97 bits per heavy atom. The van der Waals surface area contributed by atoms with Gasteiger partial charge in [-0.3, -0.25) is 4.79 Å². The molecule has 1 N–H and O–H groups in total. The minimum Gasteiger partial charge on any atom is -0.356 e. The second-order valence-electron chi connectivity index (χ2n) is 6.70. The molecule has 2 aromatic heterocycles. The van der Waals surface area contributed by atoms with E-state index in [1.807, 2.05) is 6.26 Å². The number of fused-ring (bicyclic) bond motifs is 1. The van der Waals surface area contributed by atoms with E-state index in [1.165, 1.54) is 17.8 Å². The number of hydrogen-bond acceptors (Lipinski definition) is 6. The Bertz CT molecular complexity index is 1110. The van der Waals surface area contributed by atoms with Gasteiger partial charge in [-0.25, -0.2) is 9.97 Å². The number of aromatic nitrogens is 2. The van der Waals surface area contributed by atoms with Gasteiger partial charge in [0.2, 0.25) is 0 Å². The summed E-state index contributed by atoms with van der Waals surface area (Å²) in [6, 6.07) is 4.90. The normalized spacial score (nSPS) is 14.5. The summed E-state index contributed by atoms with van der Waals surface area (Å²) < 4.78 is 40.0. The third-order valence-electron chi connectivity index (χ3n) is 4.70. The molecule has 0 unspecified atom stereocenters. The highest BCUT2D eigenvalue weighted by Crippen LogP contribution is 2.38. The highest BCUT2D eigenvalue weighted by Gasteiger charge is 2.34. The molecular formula is C19H16ClF3N4OS2. The SMILES string of the molecule is CSc1nc(N2CCCC2)c2cc(C(=O)Nc3ccc(Cl)cc3C(F)(F)F)sc2n1. The van der Waals surface area contributed by atoms with Crippen molar-refractivity contribution in [3.8, 4) is 0 Å². The van der Waals surface area contributed by atoms with Gasteiger partial charge in [0, 0.05) is 18.1 Å². The van der Waals surface area contributed by atoms with Crippen LogP contribution in [-0.2, 0) is 6.18 Å². The monoisotopic (exact) mass is 472 g/mol. The van der Waals surface area contributed by atoms with Crippen LogP contribution in [0.25, 0.3) is 10.2 Å². The lowest BCUT2D eigenvalue weighted by atomic mass is 10.1. The maximum atomic E-state index is 13.3. The molecule has 0 atom stereocenters. The number of benzene rings is 1. The molecule has 0 saturated carbocycles. The molecule has 11 heteroatoms. The minimum absolute atomic E-state index is 0.0580. The summed E-state index contributed by atoms with van der Waals surface area (Å²) >= 11 is 8.24. The molecule has 1 saturated heterocycles. The van der Waals surface area contributed by atoms with Crippen molar-refractivity contribution in [3.05, 3.63) is 39.7 Å². The third kappa shape index (κ3) is 4.21. The van der Waals surface area contributed by atoms with Gasteiger partial charge in [0.25, 0.3) is 5.91 Å². The first-order valence-corrected chi connectivity index (χ1v) is 11.5. The molecule has 4 rings (SSSR count). The first-order chi connectivity index (χ1) is 14.3. The van der Waals surface area contributed by atoms with Gasteiger partial charge in [0.15, 0.2) is 5.16 Å². The Morgan fingerprint density at radius 1 is 1.23 bits per heavy atom. The Labute approximate surface area is 183 Å². The zero-order valence-electron chi connectivity index (χ0n) is 15.7. The van der Waals surface area contributed by atoms with Crippen molar-refractivity contribution in [3.63, 3.8) is 0 Å². The Morgan fingerprint density at radius 3 is 2.63 bits per heavy atom. The number of thioether (sulfide) groups is 1. The van der Waals surface area contributed by atoms with Gasteiger partial charge in [-0.2, -0.15) is 13.2 Å². The summed E-state index contributed by atoms with van der Waals surface area (Å²) in [6.45, 7) is 1.74. The molecule has 3 aromatic rings. The molecule has 1 aliphatic rings. The lowest BCUT2D eigenvalue weighted by molar-refractivity contribution is -0.136. The van der Waals surface area contributed by atoms with E-state index in [2.05, 4.69) is 20.2 Å². The molecular weight excluding hydrogens is 457 g/mol. The third-order valence-corrected chi connectivity index (χ3v) is 6.51. The van der Waals surface area contributed by atoms with Crippen LogP contribution in [0.15, 0.2) is 29.4 Å². The summed E-state index contributed by atoms with van der Waals surface area (Å²) in [5.41, 5.74) is -1.34. The first-order valence-electron chi connectivity index (χ1n) is 9.05. The van der Waals surface area contributed by atoms with Crippen molar-refractivity contribution in [2.45, 2.75) is 24.2 Å². The van der Waals surface area contributed by atoms with E-state index in [-0.39, 0.29) is 15.6 Å². The number of nitrogens with zero attached hydrogens (tertiary/aromatic N) is 3. The topological polar surface area (TPSA) is 58.1 Å². The number of carbonyl (C=O) groups is 1. The fourth-order valence-corrected chi connectivity index (χ4v) is 4.82. The molecule has 1 aliphatic heterocycles. The fourth-order valence-electron chi connectivity index (χ4n) is 3.30. The predicted molar refractivity (Wildman–Crippen MR) is 115 cm³/mol. The van der Waals surface area contributed by atoms with Crippen molar-refractivity contribution >= 4 is 62.3 Å². The summed E-state index contributed by atoms with van der Waals surface area (Å²) in [5.74, 6) is 0.128. The molecule has 1 amide bonds. The number of rotatable bonds is 4. The van der Waals surface area contributed by atoms with Gasteiger partial charge in [-0.1, -0.05) is 23.4 Å². The van der Waals surface area contributed by atoms with Crippen LogP contribution in [0.5, 0.6) is 0 Å². The largest absolute Gasteiger partial charge is 0.418 e. The summed E-state index contributed by atoms with van der Waals surface area (Å²) in [7, 11) is 0. The molecule has 0 spiro atoms. The van der Waals surface area contributed by atoms with E-state index in [1.54, 1.807) is 6.07 Å². The predicted octanol–water partition coefficient (Wildman–Crippen LogP) is 5.94. The lowest BCUT2D eigenvalue weighted by Gasteiger charge is -2.17. The van der Waals surface area contributed by atoms with Crippen LogP contribution >= 0.6 is 34.7 Å². The first kappa shape index (κ1) is 21.2. The van der Waals surface area contributed by atoms with Gasteiger partial charge in [-0.05, 0) is 43.4 Å². The molecule has 1 fully saturated rings. The summed E-state index contributed by atoms with van der Waals surface area (Å²) in [5, 5.41) is 3.63. The van der Waals surface area contributed by atoms with Crippen LogP contribution in [0.3, 0.4) is 0 Å². The van der Waals surface area contributed by atoms with Crippen molar-refractivity contribution < 1.29 is 18.0 Å². The van der Waals surface area contributed by atoms with E-state index in [0.29, 0.717) is 9.99 Å². The number of alkyl halides is 3. The smallest absolute Gasteiger partial charge is 0.356 e. The van der Waals surface area contributed by atoms with Crippen LogP contribution in [0.1, 0.15) is 28.1 Å². The van der Waals surface area contributed by atoms with Crippen molar-refractivity contribution in [1.29, 1.82) is 0 Å².